The van der Waals surface area contributed by atoms with Crippen LogP contribution in [0.25, 0.3) is 11.3 Å². The normalized spacial score (nSPS) is 10.7. The fourth-order valence-corrected chi connectivity index (χ4v) is 4.85. The maximum absolute atomic E-state index is 13.0. The highest BCUT2D eigenvalue weighted by Crippen LogP contribution is 2.26. The minimum Gasteiger partial charge on any atom is -0.497 e. The van der Waals surface area contributed by atoms with Crippen LogP contribution in [0.4, 0.5) is 4.79 Å². The standard InChI is InChI=1S/C33H36N2O6S/c1-5-39-32(36)23-34(33(37)41-28-14-12-27(38-3)13-15-28)22-25-7-6-8-29(21-25)40-20-19-35-24(2)9-18-31(35)26-10-16-30(42-4)17-11-26/h6-18,21H,5,19-20,22-23H2,1-4H3. The van der Waals surface area contributed by atoms with Crippen molar-refractivity contribution in [1.82, 2.24) is 9.47 Å². The summed E-state index contributed by atoms with van der Waals surface area (Å²) in [5, 5.41) is 0. The number of rotatable bonds is 13. The summed E-state index contributed by atoms with van der Waals surface area (Å²) in [5.74, 6) is 1.13. The van der Waals surface area contributed by atoms with Crippen LogP contribution in [-0.2, 0) is 22.6 Å². The summed E-state index contributed by atoms with van der Waals surface area (Å²) < 4.78 is 24.1. The van der Waals surface area contributed by atoms with Crippen molar-refractivity contribution in [3.05, 3.63) is 96.2 Å². The van der Waals surface area contributed by atoms with Crippen LogP contribution in [-0.4, -0.2) is 54.7 Å². The molecular weight excluding hydrogens is 552 g/mol. The van der Waals surface area contributed by atoms with E-state index in [1.807, 2.05) is 24.3 Å². The highest BCUT2D eigenvalue weighted by atomic mass is 32.2. The van der Waals surface area contributed by atoms with Crippen LogP contribution in [0.2, 0.25) is 0 Å². The molecule has 0 bridgehead atoms. The van der Waals surface area contributed by atoms with Gasteiger partial charge in [-0.05, 0) is 91.9 Å². The number of carbonyl (C=O) groups excluding carboxylic acids is 2. The van der Waals surface area contributed by atoms with E-state index in [9.17, 15) is 9.59 Å². The van der Waals surface area contributed by atoms with Gasteiger partial charge in [-0.25, -0.2) is 4.79 Å². The molecule has 9 heteroatoms. The Morgan fingerprint density at radius 3 is 2.33 bits per heavy atom. The third-order valence-corrected chi connectivity index (χ3v) is 7.33. The maximum atomic E-state index is 13.0. The number of thioether (sulfide) groups is 1. The fraction of sp³-hybridized carbons (Fsp3) is 0.273. The Kier molecular flexibility index (Phi) is 10.9. The van der Waals surface area contributed by atoms with E-state index in [4.69, 9.17) is 18.9 Å². The Bertz CT molecular complexity index is 1470. The average molecular weight is 589 g/mol. The molecule has 8 nitrogen and oxygen atoms in total. The number of nitrogens with zero attached hydrogens (tertiary/aromatic N) is 2. The van der Waals surface area contributed by atoms with Crippen LogP contribution in [0.1, 0.15) is 18.2 Å². The summed E-state index contributed by atoms with van der Waals surface area (Å²) in [7, 11) is 1.56. The van der Waals surface area contributed by atoms with Gasteiger partial charge in [-0.15, -0.1) is 11.8 Å². The summed E-state index contributed by atoms with van der Waals surface area (Å²) >= 11 is 1.72. The molecule has 0 N–H and O–H groups in total. The molecule has 4 aromatic rings. The van der Waals surface area contributed by atoms with Gasteiger partial charge in [0.25, 0.3) is 0 Å². The van der Waals surface area contributed by atoms with Crippen molar-refractivity contribution in [1.29, 1.82) is 0 Å². The van der Waals surface area contributed by atoms with E-state index < -0.39 is 12.1 Å². The van der Waals surface area contributed by atoms with Gasteiger partial charge in [-0.3, -0.25) is 9.69 Å². The SMILES string of the molecule is CCOC(=O)CN(Cc1cccc(OCCn2c(C)ccc2-c2ccc(SC)cc2)c1)C(=O)Oc1ccc(OC)cc1. The number of aromatic nitrogens is 1. The van der Waals surface area contributed by atoms with Crippen molar-refractivity contribution < 1.29 is 28.5 Å². The summed E-state index contributed by atoms with van der Waals surface area (Å²) in [6.45, 7) is 5.04. The molecule has 0 spiro atoms. The minimum atomic E-state index is -0.666. The monoisotopic (exact) mass is 588 g/mol. The van der Waals surface area contributed by atoms with E-state index in [1.54, 1.807) is 50.1 Å². The molecule has 1 aromatic heterocycles. The van der Waals surface area contributed by atoms with Crippen LogP contribution in [0, 0.1) is 6.92 Å². The Morgan fingerprint density at radius 1 is 0.905 bits per heavy atom. The van der Waals surface area contributed by atoms with Gasteiger partial charge in [0.2, 0.25) is 0 Å². The second-order valence-electron chi connectivity index (χ2n) is 9.44. The minimum absolute atomic E-state index is 0.137. The molecule has 0 aliphatic heterocycles. The van der Waals surface area contributed by atoms with Crippen molar-refractivity contribution in [2.75, 3.05) is 33.1 Å². The first-order valence-corrected chi connectivity index (χ1v) is 14.9. The topological polar surface area (TPSA) is 79.2 Å². The van der Waals surface area contributed by atoms with E-state index in [0.29, 0.717) is 30.4 Å². The van der Waals surface area contributed by atoms with Gasteiger partial charge >= 0.3 is 12.1 Å². The Hall–Kier alpha value is -4.37. The molecule has 0 atom stereocenters. The first-order valence-electron chi connectivity index (χ1n) is 13.7. The van der Waals surface area contributed by atoms with Gasteiger partial charge in [0.05, 0.1) is 20.3 Å². The summed E-state index contributed by atoms with van der Waals surface area (Å²) in [6.07, 6.45) is 1.40. The Balaban J connectivity index is 1.41. The van der Waals surface area contributed by atoms with E-state index in [0.717, 1.165) is 22.5 Å². The number of benzene rings is 3. The van der Waals surface area contributed by atoms with Crippen molar-refractivity contribution in [3.8, 4) is 28.5 Å². The zero-order valence-corrected chi connectivity index (χ0v) is 25.2. The van der Waals surface area contributed by atoms with Crippen LogP contribution in [0.15, 0.2) is 89.8 Å². The molecule has 1 amide bonds. The number of hydrogen-bond acceptors (Lipinski definition) is 7. The van der Waals surface area contributed by atoms with Crippen molar-refractivity contribution in [2.24, 2.45) is 0 Å². The lowest BCUT2D eigenvalue weighted by molar-refractivity contribution is -0.144. The van der Waals surface area contributed by atoms with Crippen LogP contribution >= 0.6 is 11.8 Å². The average Bonchev–Trinajstić information content (AvgIpc) is 3.37. The molecule has 0 radical (unpaired) electrons. The van der Waals surface area contributed by atoms with E-state index in [1.165, 1.54) is 9.80 Å². The predicted molar refractivity (Wildman–Crippen MR) is 164 cm³/mol. The Labute approximate surface area is 251 Å². The zero-order chi connectivity index (χ0) is 29.9. The highest BCUT2D eigenvalue weighted by molar-refractivity contribution is 7.98. The molecule has 0 aliphatic carbocycles. The highest BCUT2D eigenvalue weighted by Gasteiger charge is 2.21. The summed E-state index contributed by atoms with van der Waals surface area (Å²) in [4.78, 5) is 27.9. The van der Waals surface area contributed by atoms with Crippen molar-refractivity contribution >= 4 is 23.8 Å². The lowest BCUT2D eigenvalue weighted by Crippen LogP contribution is -2.38. The van der Waals surface area contributed by atoms with E-state index >= 15 is 0 Å². The number of aryl methyl sites for hydroxylation is 1. The van der Waals surface area contributed by atoms with Gasteiger partial charge in [-0.1, -0.05) is 24.3 Å². The molecule has 0 fully saturated rings. The molecule has 0 aliphatic rings. The second-order valence-corrected chi connectivity index (χ2v) is 10.3. The number of ether oxygens (including phenoxy) is 4. The molecule has 3 aromatic carbocycles. The number of esters is 1. The molecular formula is C33H36N2O6S. The van der Waals surface area contributed by atoms with Gasteiger partial charge < -0.3 is 23.5 Å². The second kappa shape index (κ2) is 15.0. The lowest BCUT2D eigenvalue weighted by atomic mass is 10.1. The molecule has 1 heterocycles. The first-order chi connectivity index (χ1) is 20.4. The third kappa shape index (κ3) is 8.33. The summed E-state index contributed by atoms with van der Waals surface area (Å²) in [6, 6.07) is 26.9. The number of hydrogen-bond donors (Lipinski definition) is 0. The third-order valence-electron chi connectivity index (χ3n) is 6.59. The van der Waals surface area contributed by atoms with Gasteiger partial charge in [0.1, 0.15) is 30.4 Å². The molecule has 0 unspecified atom stereocenters. The van der Waals surface area contributed by atoms with Crippen LogP contribution in [0.3, 0.4) is 0 Å². The van der Waals surface area contributed by atoms with Crippen LogP contribution in [0.5, 0.6) is 17.2 Å². The molecule has 0 saturated heterocycles. The number of carbonyl (C=O) groups is 2. The largest absolute Gasteiger partial charge is 0.497 e. The van der Waals surface area contributed by atoms with Gasteiger partial charge in [0.15, 0.2) is 0 Å². The van der Waals surface area contributed by atoms with E-state index in [2.05, 4.69) is 54.1 Å². The summed E-state index contributed by atoms with van der Waals surface area (Å²) in [5.41, 5.74) is 4.24. The van der Waals surface area contributed by atoms with Gasteiger partial charge in [0, 0.05) is 22.8 Å². The predicted octanol–water partition coefficient (Wildman–Crippen LogP) is 6.84. The number of methoxy groups -OCH3 is 1. The van der Waals surface area contributed by atoms with Crippen LogP contribution < -0.4 is 14.2 Å². The molecule has 4 rings (SSSR count). The zero-order valence-electron chi connectivity index (χ0n) is 24.4. The van der Waals surface area contributed by atoms with Crippen molar-refractivity contribution in [3.63, 3.8) is 0 Å². The molecule has 220 valence electrons. The molecule has 0 saturated carbocycles. The van der Waals surface area contributed by atoms with Gasteiger partial charge in [-0.2, -0.15) is 0 Å². The van der Waals surface area contributed by atoms with E-state index in [-0.39, 0.29) is 19.7 Å². The first kappa shape index (κ1) is 30.6. The smallest absolute Gasteiger partial charge is 0.416 e. The lowest BCUT2D eigenvalue weighted by Gasteiger charge is -2.21. The Morgan fingerprint density at radius 2 is 1.64 bits per heavy atom. The quantitative estimate of drug-likeness (QED) is 0.125. The van der Waals surface area contributed by atoms with Crippen molar-refractivity contribution in [2.45, 2.75) is 31.8 Å². The molecule has 42 heavy (non-hydrogen) atoms. The maximum Gasteiger partial charge on any atom is 0.416 e. The fourth-order valence-electron chi connectivity index (χ4n) is 4.45. The number of amides is 1.